The van der Waals surface area contributed by atoms with Gasteiger partial charge in [-0.05, 0) is 51.6 Å². The molecule has 0 saturated heterocycles. The van der Waals surface area contributed by atoms with Crippen LogP contribution in [0.15, 0.2) is 24.3 Å². The van der Waals surface area contributed by atoms with E-state index in [-0.39, 0.29) is 0 Å². The van der Waals surface area contributed by atoms with E-state index in [1.54, 1.807) is 27.7 Å². The Bertz CT molecular complexity index is 490. The molecule has 0 aromatic heterocycles. The van der Waals surface area contributed by atoms with E-state index in [2.05, 4.69) is 12.1 Å². The molecule has 128 valence electrons. The van der Waals surface area contributed by atoms with Gasteiger partial charge in [0, 0.05) is 11.0 Å². The van der Waals surface area contributed by atoms with E-state index in [1.807, 2.05) is 23.9 Å². The quantitative estimate of drug-likeness (QED) is 0.751. The minimum Gasteiger partial charge on any atom is -0.423 e. The van der Waals surface area contributed by atoms with Gasteiger partial charge in [-0.2, -0.15) is 11.8 Å². The first kappa shape index (κ1) is 18.8. The average molecular weight is 336 g/mol. The molecule has 23 heavy (non-hydrogen) atoms. The fourth-order valence-corrected chi connectivity index (χ4v) is 3.83. The van der Waals surface area contributed by atoms with Crippen LogP contribution in [-0.2, 0) is 10.4 Å². The van der Waals surface area contributed by atoms with Gasteiger partial charge in [-0.1, -0.05) is 37.1 Å². The molecule has 0 heterocycles. The van der Waals surface area contributed by atoms with Crippen LogP contribution in [0, 0.1) is 0 Å². The van der Waals surface area contributed by atoms with Gasteiger partial charge in [-0.25, -0.2) is 0 Å². The zero-order valence-corrected chi connectivity index (χ0v) is 15.5. The Morgan fingerprint density at radius 3 is 2.22 bits per heavy atom. The normalized spacial score (nSPS) is 16.8. The Hall–Kier alpha value is -0.485. The van der Waals surface area contributed by atoms with Gasteiger partial charge in [0.2, 0.25) is 0 Å². The molecular weight excluding hydrogens is 307 g/mol. The molecule has 0 bridgehead atoms. The molecule has 1 aromatic carbocycles. The number of hydrogen-bond donors (Lipinski definition) is 2. The first-order valence-corrected chi connectivity index (χ1v) is 9.52. The van der Waals surface area contributed by atoms with Crippen LogP contribution < -0.4 is 5.46 Å². The molecule has 1 aliphatic rings. The maximum Gasteiger partial charge on any atom is 0.491 e. The molecule has 1 aliphatic carbocycles. The van der Waals surface area contributed by atoms with Gasteiger partial charge in [-0.15, -0.1) is 0 Å². The number of rotatable bonds is 7. The molecule has 1 saturated carbocycles. The molecule has 0 aliphatic heterocycles. The number of thioether (sulfide) groups is 1. The first-order valence-electron chi connectivity index (χ1n) is 8.48. The highest BCUT2D eigenvalue weighted by atomic mass is 32.2. The zero-order valence-electron chi connectivity index (χ0n) is 14.7. The van der Waals surface area contributed by atoms with Crippen molar-refractivity contribution in [3.05, 3.63) is 29.8 Å². The van der Waals surface area contributed by atoms with Crippen LogP contribution in [-0.4, -0.2) is 33.7 Å². The smallest absolute Gasteiger partial charge is 0.423 e. The van der Waals surface area contributed by atoms with E-state index in [4.69, 9.17) is 4.65 Å². The van der Waals surface area contributed by atoms with Crippen molar-refractivity contribution in [2.24, 2.45) is 0 Å². The SMILES string of the molecule is CC(C)(O)C(C)(C)OB(O)c1ccc(CSC2CCCC2)cc1. The van der Waals surface area contributed by atoms with Crippen molar-refractivity contribution in [1.29, 1.82) is 0 Å². The molecule has 5 heteroatoms. The third kappa shape index (κ3) is 5.25. The van der Waals surface area contributed by atoms with Crippen molar-refractivity contribution in [2.75, 3.05) is 0 Å². The van der Waals surface area contributed by atoms with Gasteiger partial charge in [0.15, 0.2) is 0 Å². The zero-order chi connectivity index (χ0) is 17.1. The van der Waals surface area contributed by atoms with Crippen LogP contribution in [0.2, 0.25) is 0 Å². The maximum absolute atomic E-state index is 10.3. The lowest BCUT2D eigenvalue weighted by atomic mass is 9.76. The summed E-state index contributed by atoms with van der Waals surface area (Å²) in [5.74, 6) is 1.02. The standard InChI is InChI=1S/C18H29BO3S/c1-17(2,20)18(3,4)22-19(21)15-11-9-14(10-12-15)13-23-16-7-5-6-8-16/h9-12,16,20-21H,5-8,13H2,1-4H3. The fourth-order valence-electron chi connectivity index (χ4n) is 2.54. The average Bonchev–Trinajstić information content (AvgIpc) is 2.97. The van der Waals surface area contributed by atoms with Crippen molar-refractivity contribution in [2.45, 2.75) is 75.6 Å². The van der Waals surface area contributed by atoms with E-state index in [9.17, 15) is 10.1 Å². The second kappa shape index (κ2) is 7.60. The van der Waals surface area contributed by atoms with Crippen molar-refractivity contribution >= 4 is 24.3 Å². The molecule has 0 atom stereocenters. The summed E-state index contributed by atoms with van der Waals surface area (Å²) < 4.78 is 5.67. The summed E-state index contributed by atoms with van der Waals surface area (Å²) in [6, 6.07) is 7.94. The lowest BCUT2D eigenvalue weighted by Gasteiger charge is -2.38. The van der Waals surface area contributed by atoms with Gasteiger partial charge in [0.05, 0.1) is 11.2 Å². The predicted octanol–water partition coefficient (Wildman–Crippen LogP) is 3.12. The Kier molecular flexibility index (Phi) is 6.23. The molecule has 1 fully saturated rings. The van der Waals surface area contributed by atoms with Crippen LogP contribution in [0.4, 0.5) is 0 Å². The van der Waals surface area contributed by atoms with Crippen molar-refractivity contribution in [3.63, 3.8) is 0 Å². The second-order valence-electron chi connectivity index (χ2n) is 7.50. The van der Waals surface area contributed by atoms with E-state index in [0.29, 0.717) is 0 Å². The summed E-state index contributed by atoms with van der Waals surface area (Å²) in [6.07, 6.45) is 5.44. The highest BCUT2D eigenvalue weighted by Crippen LogP contribution is 2.31. The summed E-state index contributed by atoms with van der Waals surface area (Å²) in [7, 11) is -1.03. The molecule has 0 spiro atoms. The molecule has 0 unspecified atom stereocenters. The highest BCUT2D eigenvalue weighted by molar-refractivity contribution is 7.99. The molecule has 3 nitrogen and oxygen atoms in total. The second-order valence-corrected chi connectivity index (χ2v) is 8.79. The largest absolute Gasteiger partial charge is 0.491 e. The van der Waals surface area contributed by atoms with Gasteiger partial charge in [0.1, 0.15) is 0 Å². The van der Waals surface area contributed by atoms with E-state index in [1.165, 1.54) is 31.2 Å². The molecule has 2 rings (SSSR count). The maximum atomic E-state index is 10.3. The van der Waals surface area contributed by atoms with Crippen molar-refractivity contribution in [1.82, 2.24) is 0 Å². The highest BCUT2D eigenvalue weighted by Gasteiger charge is 2.39. The van der Waals surface area contributed by atoms with E-state index < -0.39 is 18.3 Å². The number of benzene rings is 1. The minimum absolute atomic E-state index is 0.719. The molecule has 0 amide bonds. The number of aliphatic hydroxyl groups is 1. The Morgan fingerprint density at radius 2 is 1.70 bits per heavy atom. The van der Waals surface area contributed by atoms with Gasteiger partial charge >= 0.3 is 7.12 Å². The Balaban J connectivity index is 1.90. The summed E-state index contributed by atoms with van der Waals surface area (Å²) in [5, 5.41) is 21.2. The Labute approximate surface area is 145 Å². The Morgan fingerprint density at radius 1 is 1.13 bits per heavy atom. The van der Waals surface area contributed by atoms with Crippen LogP contribution in [0.25, 0.3) is 0 Å². The lowest BCUT2D eigenvalue weighted by Crippen LogP contribution is -2.53. The minimum atomic E-state index is -1.04. The lowest BCUT2D eigenvalue weighted by molar-refractivity contribution is -0.0982. The summed E-state index contributed by atoms with van der Waals surface area (Å²) in [6.45, 7) is 6.93. The van der Waals surface area contributed by atoms with Crippen molar-refractivity contribution in [3.8, 4) is 0 Å². The van der Waals surface area contributed by atoms with Crippen molar-refractivity contribution < 1.29 is 14.8 Å². The van der Waals surface area contributed by atoms with Crippen LogP contribution in [0.3, 0.4) is 0 Å². The third-order valence-corrected chi connectivity index (χ3v) is 6.38. The van der Waals surface area contributed by atoms with Gasteiger partial charge < -0.3 is 14.8 Å². The molecule has 2 N–H and O–H groups in total. The van der Waals surface area contributed by atoms with Crippen LogP contribution in [0.5, 0.6) is 0 Å². The van der Waals surface area contributed by atoms with Crippen LogP contribution >= 0.6 is 11.8 Å². The fraction of sp³-hybridized carbons (Fsp3) is 0.667. The predicted molar refractivity (Wildman–Crippen MR) is 99.1 cm³/mol. The summed E-state index contributed by atoms with van der Waals surface area (Å²) in [5.41, 5.74) is 0.117. The monoisotopic (exact) mass is 336 g/mol. The topological polar surface area (TPSA) is 49.7 Å². The molecule has 1 aromatic rings. The number of hydrogen-bond acceptors (Lipinski definition) is 4. The van der Waals surface area contributed by atoms with Gasteiger partial charge in [-0.3, -0.25) is 0 Å². The summed E-state index contributed by atoms with van der Waals surface area (Å²) in [4.78, 5) is 0. The third-order valence-electron chi connectivity index (χ3n) is 4.93. The van der Waals surface area contributed by atoms with Gasteiger partial charge in [0.25, 0.3) is 0 Å². The van der Waals surface area contributed by atoms with E-state index >= 15 is 0 Å². The first-order chi connectivity index (χ1) is 10.7. The van der Waals surface area contributed by atoms with Crippen LogP contribution in [0.1, 0.15) is 58.9 Å². The molecule has 0 radical (unpaired) electrons. The van der Waals surface area contributed by atoms with E-state index in [0.717, 1.165) is 16.5 Å². The summed E-state index contributed by atoms with van der Waals surface area (Å²) >= 11 is 2.04. The molecular formula is C18H29BO3S.